The zero-order valence-electron chi connectivity index (χ0n) is 13.8. The lowest BCUT2D eigenvalue weighted by atomic mass is 9.51. The van der Waals surface area contributed by atoms with Gasteiger partial charge in [0.15, 0.2) is 0 Å². The summed E-state index contributed by atoms with van der Waals surface area (Å²) >= 11 is 0. The maximum Gasteiger partial charge on any atom is 0.240 e. The van der Waals surface area contributed by atoms with Crippen LogP contribution >= 0.6 is 0 Å². The van der Waals surface area contributed by atoms with Gasteiger partial charge in [-0.15, -0.1) is 0 Å². The molecule has 6 heteroatoms. The van der Waals surface area contributed by atoms with Crippen LogP contribution in [-0.2, 0) is 21.3 Å². The van der Waals surface area contributed by atoms with E-state index < -0.39 is 10.0 Å². The van der Waals surface area contributed by atoms with E-state index in [1.165, 1.54) is 26.3 Å². The summed E-state index contributed by atoms with van der Waals surface area (Å²) in [5.41, 5.74) is 1.32. The van der Waals surface area contributed by atoms with Gasteiger partial charge in [0.1, 0.15) is 0 Å². The van der Waals surface area contributed by atoms with Crippen molar-refractivity contribution in [2.24, 2.45) is 5.41 Å². The van der Waals surface area contributed by atoms with Crippen LogP contribution in [0.1, 0.15) is 38.2 Å². The van der Waals surface area contributed by atoms with Crippen LogP contribution in [0.5, 0.6) is 0 Å². The highest BCUT2D eigenvalue weighted by Gasteiger charge is 2.58. The van der Waals surface area contributed by atoms with Crippen LogP contribution in [0.4, 0.5) is 0 Å². The minimum Gasteiger partial charge on any atom is -0.378 e. The van der Waals surface area contributed by atoms with Gasteiger partial charge < -0.3 is 10.1 Å². The maximum atomic E-state index is 11.9. The fraction of sp³-hybridized carbons (Fsp3) is 0.647. The molecule has 3 rings (SSSR count). The standard InChI is InChI=1S/C17H26N2O3S/c1-3-22-16-11-15(17(16)8-5-9-17)19-12-13-6-4-7-14(10-13)23(20,21)18-2/h4,6-7,10,15-16,18-19H,3,5,8-9,11-12H2,1-2H3/t15-,16-/m1/s1. The quantitative estimate of drug-likeness (QED) is 0.798. The molecular weight excluding hydrogens is 312 g/mol. The third-order valence-corrected chi connectivity index (χ3v) is 6.88. The molecule has 2 saturated carbocycles. The highest BCUT2D eigenvalue weighted by molar-refractivity contribution is 7.89. The Bertz CT molecular complexity index is 656. The molecule has 1 aromatic carbocycles. The van der Waals surface area contributed by atoms with E-state index in [9.17, 15) is 8.42 Å². The van der Waals surface area contributed by atoms with Crippen molar-refractivity contribution in [3.05, 3.63) is 29.8 Å². The van der Waals surface area contributed by atoms with Crippen molar-refractivity contribution in [2.75, 3.05) is 13.7 Å². The van der Waals surface area contributed by atoms with Crippen molar-refractivity contribution in [3.8, 4) is 0 Å². The van der Waals surface area contributed by atoms with Gasteiger partial charge in [0, 0.05) is 24.6 Å². The fourth-order valence-electron chi connectivity index (χ4n) is 3.91. The topological polar surface area (TPSA) is 67.4 Å². The van der Waals surface area contributed by atoms with Crippen LogP contribution in [0.3, 0.4) is 0 Å². The van der Waals surface area contributed by atoms with E-state index in [0.29, 0.717) is 29.0 Å². The molecule has 2 aliphatic rings. The molecule has 2 atom stereocenters. The van der Waals surface area contributed by atoms with Crippen LogP contribution in [0.25, 0.3) is 0 Å². The molecule has 2 aliphatic carbocycles. The number of nitrogens with one attached hydrogen (secondary N) is 2. The number of hydrogen-bond donors (Lipinski definition) is 2. The van der Waals surface area contributed by atoms with E-state index in [1.807, 2.05) is 6.07 Å². The highest BCUT2D eigenvalue weighted by Crippen LogP contribution is 2.57. The van der Waals surface area contributed by atoms with Crippen LogP contribution in [0.15, 0.2) is 29.2 Å². The molecule has 0 heterocycles. The Morgan fingerprint density at radius 2 is 2.13 bits per heavy atom. The first-order chi connectivity index (χ1) is 11.0. The molecule has 23 heavy (non-hydrogen) atoms. The Labute approximate surface area is 138 Å². The molecule has 0 aromatic heterocycles. The predicted octanol–water partition coefficient (Wildman–Crippen LogP) is 2.03. The minimum absolute atomic E-state index is 0.318. The molecule has 0 unspecified atom stereocenters. The first kappa shape index (κ1) is 16.9. The largest absolute Gasteiger partial charge is 0.378 e. The Balaban J connectivity index is 1.62. The SMILES string of the molecule is CCO[C@@H]1C[C@@H](NCc2cccc(S(=O)(=O)NC)c2)C12CCC2. The smallest absolute Gasteiger partial charge is 0.240 e. The lowest BCUT2D eigenvalue weighted by Crippen LogP contribution is -2.66. The normalized spacial score (nSPS) is 25.8. The zero-order valence-corrected chi connectivity index (χ0v) is 14.7. The molecular formula is C17H26N2O3S. The number of ether oxygens (including phenoxy) is 1. The van der Waals surface area contributed by atoms with E-state index in [-0.39, 0.29) is 0 Å². The summed E-state index contributed by atoms with van der Waals surface area (Å²) in [5.74, 6) is 0. The molecule has 1 spiro atoms. The molecule has 0 aliphatic heterocycles. The van der Waals surface area contributed by atoms with Gasteiger partial charge in [-0.1, -0.05) is 18.6 Å². The van der Waals surface area contributed by atoms with Gasteiger partial charge in [-0.25, -0.2) is 13.1 Å². The lowest BCUT2D eigenvalue weighted by molar-refractivity contribution is -0.173. The van der Waals surface area contributed by atoms with Gasteiger partial charge >= 0.3 is 0 Å². The Hall–Kier alpha value is -0.950. The fourth-order valence-corrected chi connectivity index (χ4v) is 4.71. The third kappa shape index (κ3) is 3.05. The highest BCUT2D eigenvalue weighted by atomic mass is 32.2. The molecule has 128 valence electrons. The van der Waals surface area contributed by atoms with Crippen molar-refractivity contribution < 1.29 is 13.2 Å². The molecule has 0 bridgehead atoms. The van der Waals surface area contributed by atoms with Gasteiger partial charge in [-0.3, -0.25) is 0 Å². The first-order valence-corrected chi connectivity index (χ1v) is 9.87. The van der Waals surface area contributed by atoms with E-state index in [0.717, 1.165) is 18.6 Å². The molecule has 2 fully saturated rings. The van der Waals surface area contributed by atoms with Crippen LogP contribution in [-0.4, -0.2) is 34.2 Å². The second-order valence-corrected chi connectivity index (χ2v) is 8.44. The number of rotatable bonds is 7. The molecule has 2 N–H and O–H groups in total. The van der Waals surface area contributed by atoms with E-state index in [1.54, 1.807) is 18.2 Å². The summed E-state index contributed by atoms with van der Waals surface area (Å²) in [6.45, 7) is 3.53. The molecule has 0 amide bonds. The Kier molecular flexibility index (Phi) is 4.78. The van der Waals surface area contributed by atoms with Gasteiger partial charge in [0.25, 0.3) is 0 Å². The molecule has 0 saturated heterocycles. The summed E-state index contributed by atoms with van der Waals surface area (Å²) in [6.07, 6.45) is 5.22. The van der Waals surface area contributed by atoms with E-state index in [2.05, 4.69) is 17.0 Å². The molecule has 5 nitrogen and oxygen atoms in total. The molecule has 0 radical (unpaired) electrons. The summed E-state index contributed by atoms with van der Waals surface area (Å²) in [4.78, 5) is 0.318. The van der Waals surface area contributed by atoms with Crippen molar-refractivity contribution >= 4 is 10.0 Å². The number of sulfonamides is 1. The number of hydrogen-bond acceptors (Lipinski definition) is 4. The predicted molar refractivity (Wildman–Crippen MR) is 89.6 cm³/mol. The summed E-state index contributed by atoms with van der Waals surface area (Å²) in [7, 11) is -1.95. The average Bonchev–Trinajstić information content (AvgIpc) is 2.48. The van der Waals surface area contributed by atoms with Gasteiger partial charge in [0.2, 0.25) is 10.0 Å². The minimum atomic E-state index is -3.38. The summed E-state index contributed by atoms with van der Waals surface area (Å²) < 4.78 is 32.0. The van der Waals surface area contributed by atoms with Crippen molar-refractivity contribution in [3.63, 3.8) is 0 Å². The second kappa shape index (κ2) is 6.51. The van der Waals surface area contributed by atoms with Crippen molar-refractivity contribution in [1.29, 1.82) is 0 Å². The number of benzene rings is 1. The first-order valence-electron chi connectivity index (χ1n) is 8.39. The maximum absolute atomic E-state index is 11.9. The second-order valence-electron chi connectivity index (χ2n) is 6.55. The van der Waals surface area contributed by atoms with Gasteiger partial charge in [-0.2, -0.15) is 0 Å². The zero-order chi connectivity index (χ0) is 16.5. The molecule has 1 aromatic rings. The third-order valence-electron chi connectivity index (χ3n) is 5.47. The van der Waals surface area contributed by atoms with E-state index in [4.69, 9.17) is 4.74 Å². The summed E-state index contributed by atoms with van der Waals surface area (Å²) in [6, 6.07) is 7.61. The average molecular weight is 338 g/mol. The van der Waals surface area contributed by atoms with Crippen molar-refractivity contribution in [1.82, 2.24) is 10.0 Å². The summed E-state index contributed by atoms with van der Waals surface area (Å²) in [5, 5.41) is 3.62. The van der Waals surface area contributed by atoms with Crippen molar-refractivity contribution in [2.45, 2.75) is 56.2 Å². The van der Waals surface area contributed by atoms with Crippen LogP contribution < -0.4 is 10.0 Å². The van der Waals surface area contributed by atoms with E-state index >= 15 is 0 Å². The van der Waals surface area contributed by atoms with Gasteiger partial charge in [-0.05, 0) is 50.9 Å². The Morgan fingerprint density at radius 1 is 1.35 bits per heavy atom. The lowest BCUT2D eigenvalue weighted by Gasteiger charge is -2.61. The monoisotopic (exact) mass is 338 g/mol. The van der Waals surface area contributed by atoms with Crippen LogP contribution in [0, 0.1) is 5.41 Å². The van der Waals surface area contributed by atoms with Crippen LogP contribution in [0.2, 0.25) is 0 Å². The Morgan fingerprint density at radius 3 is 2.74 bits per heavy atom. The van der Waals surface area contributed by atoms with Gasteiger partial charge in [0.05, 0.1) is 11.0 Å².